The van der Waals surface area contributed by atoms with Gasteiger partial charge in [0.15, 0.2) is 0 Å². The number of nitrogens with one attached hydrogen (secondary N) is 1. The van der Waals surface area contributed by atoms with Gasteiger partial charge in [0.2, 0.25) is 15.9 Å². The summed E-state index contributed by atoms with van der Waals surface area (Å²) in [5.74, 6) is -0.0713. The first-order valence-electron chi connectivity index (χ1n) is 6.40. The maximum absolute atomic E-state index is 12.3. The molecule has 1 saturated carbocycles. The Balaban J connectivity index is 1.90. The molecule has 0 saturated heterocycles. The van der Waals surface area contributed by atoms with Crippen molar-refractivity contribution in [1.29, 1.82) is 0 Å². The van der Waals surface area contributed by atoms with Crippen molar-refractivity contribution in [2.24, 2.45) is 5.14 Å². The minimum Gasteiger partial charge on any atom is -0.492 e. The van der Waals surface area contributed by atoms with E-state index in [0.29, 0.717) is 11.3 Å². The highest BCUT2D eigenvalue weighted by Crippen LogP contribution is 2.38. The number of hydrogen-bond acceptors (Lipinski definition) is 4. The van der Waals surface area contributed by atoms with Crippen molar-refractivity contribution in [3.8, 4) is 5.75 Å². The summed E-state index contributed by atoms with van der Waals surface area (Å²) >= 11 is 0. The van der Waals surface area contributed by atoms with Crippen molar-refractivity contribution >= 4 is 15.9 Å². The SMILES string of the molecule is CC1(NC(=O)C2COc3ccc(S(N)(=O)=O)cc32)CC1. The van der Waals surface area contributed by atoms with Crippen LogP contribution < -0.4 is 15.2 Å². The molecular formula is C13H16N2O4S. The van der Waals surface area contributed by atoms with Crippen molar-refractivity contribution in [3.63, 3.8) is 0 Å². The van der Waals surface area contributed by atoms with Crippen LogP contribution >= 0.6 is 0 Å². The van der Waals surface area contributed by atoms with E-state index in [1.165, 1.54) is 12.1 Å². The minimum atomic E-state index is -3.78. The number of amides is 1. The lowest BCUT2D eigenvalue weighted by Crippen LogP contribution is -2.38. The van der Waals surface area contributed by atoms with Gasteiger partial charge in [-0.1, -0.05) is 0 Å². The number of rotatable bonds is 3. The Kier molecular flexibility index (Phi) is 2.81. The van der Waals surface area contributed by atoms with Gasteiger partial charge in [-0.25, -0.2) is 13.6 Å². The summed E-state index contributed by atoms with van der Waals surface area (Å²) < 4.78 is 28.2. The summed E-state index contributed by atoms with van der Waals surface area (Å²) in [6.07, 6.45) is 1.94. The summed E-state index contributed by atoms with van der Waals surface area (Å²) in [5.41, 5.74) is 0.468. The van der Waals surface area contributed by atoms with Gasteiger partial charge < -0.3 is 10.1 Å². The predicted molar refractivity (Wildman–Crippen MR) is 71.8 cm³/mol. The van der Waals surface area contributed by atoms with Gasteiger partial charge in [0.05, 0.1) is 4.90 Å². The van der Waals surface area contributed by atoms with Gasteiger partial charge in [0.1, 0.15) is 18.3 Å². The highest BCUT2D eigenvalue weighted by Gasteiger charge is 2.42. The lowest BCUT2D eigenvalue weighted by molar-refractivity contribution is -0.123. The zero-order chi connectivity index (χ0) is 14.5. The number of nitrogens with two attached hydrogens (primary N) is 1. The fraction of sp³-hybridized carbons (Fsp3) is 0.462. The van der Waals surface area contributed by atoms with Crippen molar-refractivity contribution in [1.82, 2.24) is 5.32 Å². The Morgan fingerprint density at radius 3 is 2.75 bits per heavy atom. The lowest BCUT2D eigenvalue weighted by Gasteiger charge is -2.15. The van der Waals surface area contributed by atoms with Crippen LogP contribution in [0.5, 0.6) is 5.75 Å². The van der Waals surface area contributed by atoms with Crippen LogP contribution in [0, 0.1) is 0 Å². The minimum absolute atomic E-state index is 0.00261. The Labute approximate surface area is 117 Å². The standard InChI is InChI=1S/C13H16N2O4S/c1-13(4-5-13)15-12(16)10-7-19-11-3-2-8(6-9(10)11)20(14,17)18/h2-3,6,10H,4-5,7H2,1H3,(H,15,16)(H2,14,17,18). The first kappa shape index (κ1) is 13.4. The summed E-state index contributed by atoms with van der Waals surface area (Å²) in [7, 11) is -3.78. The van der Waals surface area contributed by atoms with E-state index in [9.17, 15) is 13.2 Å². The third-order valence-electron chi connectivity index (χ3n) is 3.83. The second kappa shape index (κ2) is 4.20. The summed E-state index contributed by atoms with van der Waals surface area (Å²) in [6, 6.07) is 4.36. The number of sulfonamides is 1. The molecule has 1 aromatic rings. The summed E-state index contributed by atoms with van der Waals surface area (Å²) in [6.45, 7) is 2.22. The van der Waals surface area contributed by atoms with E-state index < -0.39 is 15.9 Å². The molecule has 1 atom stereocenters. The molecule has 20 heavy (non-hydrogen) atoms. The number of benzene rings is 1. The van der Waals surface area contributed by atoms with Crippen LogP contribution in [0.3, 0.4) is 0 Å². The molecule has 0 aromatic heterocycles. The molecule has 1 fully saturated rings. The molecule has 0 radical (unpaired) electrons. The van der Waals surface area contributed by atoms with E-state index in [1.54, 1.807) is 6.07 Å². The second-order valence-corrected chi connectivity index (χ2v) is 7.22. The fourth-order valence-electron chi connectivity index (χ4n) is 2.28. The van der Waals surface area contributed by atoms with Crippen LogP contribution in [0.15, 0.2) is 23.1 Å². The number of ether oxygens (including phenoxy) is 1. The van der Waals surface area contributed by atoms with Gasteiger partial charge in [0, 0.05) is 11.1 Å². The smallest absolute Gasteiger partial charge is 0.238 e. The Hall–Kier alpha value is -1.60. The maximum Gasteiger partial charge on any atom is 0.238 e. The monoisotopic (exact) mass is 296 g/mol. The van der Waals surface area contributed by atoms with Crippen molar-refractivity contribution in [2.75, 3.05) is 6.61 Å². The van der Waals surface area contributed by atoms with E-state index >= 15 is 0 Å². The van der Waals surface area contributed by atoms with Crippen LogP contribution in [-0.2, 0) is 14.8 Å². The van der Waals surface area contributed by atoms with Gasteiger partial charge in [0.25, 0.3) is 0 Å². The molecule has 3 N–H and O–H groups in total. The fourth-order valence-corrected chi connectivity index (χ4v) is 2.83. The van der Waals surface area contributed by atoms with Gasteiger partial charge in [-0.05, 0) is 38.0 Å². The molecule has 1 amide bonds. The van der Waals surface area contributed by atoms with Crippen molar-refractivity contribution in [2.45, 2.75) is 36.1 Å². The van der Waals surface area contributed by atoms with Gasteiger partial charge in [-0.3, -0.25) is 4.79 Å². The average Bonchev–Trinajstić information content (AvgIpc) is 2.91. The van der Waals surface area contributed by atoms with E-state index in [2.05, 4.69) is 5.32 Å². The molecule has 6 nitrogen and oxygen atoms in total. The molecule has 1 unspecified atom stereocenters. The van der Waals surface area contributed by atoms with E-state index in [-0.39, 0.29) is 22.9 Å². The third kappa shape index (κ3) is 2.38. The largest absolute Gasteiger partial charge is 0.492 e. The first-order chi connectivity index (χ1) is 9.28. The summed E-state index contributed by atoms with van der Waals surface area (Å²) in [4.78, 5) is 12.3. The zero-order valence-electron chi connectivity index (χ0n) is 11.0. The Bertz CT molecular complexity index is 680. The molecule has 1 aliphatic carbocycles. The maximum atomic E-state index is 12.3. The topological polar surface area (TPSA) is 98.5 Å². The molecule has 1 aliphatic heterocycles. The lowest BCUT2D eigenvalue weighted by atomic mass is 10.00. The zero-order valence-corrected chi connectivity index (χ0v) is 11.9. The molecule has 0 bridgehead atoms. The first-order valence-corrected chi connectivity index (χ1v) is 7.95. The van der Waals surface area contributed by atoms with E-state index in [4.69, 9.17) is 9.88 Å². The molecule has 2 aliphatic rings. The molecular weight excluding hydrogens is 280 g/mol. The predicted octanol–water partition coefficient (Wildman–Crippen LogP) is 0.479. The molecule has 1 heterocycles. The molecule has 108 valence electrons. The number of carbonyl (C=O) groups is 1. The van der Waals surface area contributed by atoms with E-state index in [1.807, 2.05) is 6.92 Å². The molecule has 3 rings (SSSR count). The van der Waals surface area contributed by atoms with Crippen LogP contribution in [0.1, 0.15) is 31.2 Å². The van der Waals surface area contributed by atoms with Gasteiger partial charge in [-0.15, -0.1) is 0 Å². The highest BCUT2D eigenvalue weighted by atomic mass is 32.2. The van der Waals surface area contributed by atoms with Gasteiger partial charge >= 0.3 is 0 Å². The van der Waals surface area contributed by atoms with Crippen LogP contribution in [0.4, 0.5) is 0 Å². The normalized spacial score (nSPS) is 22.8. The Morgan fingerprint density at radius 1 is 1.45 bits per heavy atom. The number of primary sulfonamides is 1. The quantitative estimate of drug-likeness (QED) is 0.847. The second-order valence-electron chi connectivity index (χ2n) is 5.66. The van der Waals surface area contributed by atoms with Crippen molar-refractivity contribution < 1.29 is 17.9 Å². The highest BCUT2D eigenvalue weighted by molar-refractivity contribution is 7.89. The molecule has 7 heteroatoms. The van der Waals surface area contributed by atoms with Crippen LogP contribution in [0.2, 0.25) is 0 Å². The molecule has 0 spiro atoms. The molecule has 1 aromatic carbocycles. The number of hydrogen-bond donors (Lipinski definition) is 2. The van der Waals surface area contributed by atoms with Gasteiger partial charge in [-0.2, -0.15) is 0 Å². The number of carbonyl (C=O) groups excluding carboxylic acids is 1. The van der Waals surface area contributed by atoms with Crippen LogP contribution in [-0.4, -0.2) is 26.5 Å². The average molecular weight is 296 g/mol. The Morgan fingerprint density at radius 2 is 2.15 bits per heavy atom. The van der Waals surface area contributed by atoms with E-state index in [0.717, 1.165) is 12.8 Å². The number of fused-ring (bicyclic) bond motifs is 1. The summed E-state index contributed by atoms with van der Waals surface area (Å²) in [5, 5.41) is 8.09. The third-order valence-corrected chi connectivity index (χ3v) is 4.74. The van der Waals surface area contributed by atoms with Crippen molar-refractivity contribution in [3.05, 3.63) is 23.8 Å². The van der Waals surface area contributed by atoms with Crippen LogP contribution in [0.25, 0.3) is 0 Å².